The summed E-state index contributed by atoms with van der Waals surface area (Å²) in [6, 6.07) is 8.14. The summed E-state index contributed by atoms with van der Waals surface area (Å²) in [6.45, 7) is 7.55. The van der Waals surface area contributed by atoms with E-state index in [1.807, 2.05) is 45.9 Å². The predicted molar refractivity (Wildman–Crippen MR) is 135 cm³/mol. The van der Waals surface area contributed by atoms with Crippen LogP contribution in [0.1, 0.15) is 61.4 Å². The van der Waals surface area contributed by atoms with Crippen LogP contribution in [0.2, 0.25) is 0 Å². The van der Waals surface area contributed by atoms with E-state index in [1.54, 1.807) is 23.7 Å². The van der Waals surface area contributed by atoms with Gasteiger partial charge >= 0.3 is 5.97 Å². The molecule has 0 fully saturated rings. The maximum absolute atomic E-state index is 12.6. The Kier molecular flexibility index (Phi) is 5.78. The lowest BCUT2D eigenvalue weighted by Gasteiger charge is -2.28. The van der Waals surface area contributed by atoms with Crippen LogP contribution in [0.4, 0.5) is 0 Å². The second-order valence-corrected chi connectivity index (χ2v) is 10.9. The summed E-state index contributed by atoms with van der Waals surface area (Å²) in [7, 11) is 0. The molecule has 176 valence electrons. The monoisotopic (exact) mass is 475 g/mol. The smallest absolute Gasteiger partial charge is 0.337 e. The van der Waals surface area contributed by atoms with E-state index in [9.17, 15) is 9.90 Å². The third kappa shape index (κ3) is 4.14. The van der Waals surface area contributed by atoms with Crippen LogP contribution in [0.5, 0.6) is 0 Å². The number of nitrogens with zero attached hydrogens (tertiary/aromatic N) is 2. The quantitative estimate of drug-likeness (QED) is 0.345. The minimum Gasteiger partial charge on any atom is -0.479 e. The molecule has 0 amide bonds. The van der Waals surface area contributed by atoms with Gasteiger partial charge in [0.25, 0.3) is 0 Å². The highest BCUT2D eigenvalue weighted by Crippen LogP contribution is 2.46. The van der Waals surface area contributed by atoms with Crippen molar-refractivity contribution < 1.29 is 14.6 Å². The van der Waals surface area contributed by atoms with Crippen LogP contribution >= 0.6 is 11.3 Å². The largest absolute Gasteiger partial charge is 0.479 e. The Balaban J connectivity index is 1.84. The van der Waals surface area contributed by atoms with Crippen molar-refractivity contribution in [1.29, 1.82) is 0 Å². The van der Waals surface area contributed by atoms with E-state index in [-0.39, 0.29) is 0 Å². The molecule has 4 aromatic rings. The number of aryl methyl sites for hydroxylation is 3. The van der Waals surface area contributed by atoms with E-state index in [2.05, 4.69) is 16.0 Å². The van der Waals surface area contributed by atoms with Crippen molar-refractivity contribution in [3.8, 4) is 22.5 Å². The number of rotatable bonds is 5. The zero-order valence-corrected chi connectivity index (χ0v) is 20.8. The number of ether oxygens (including phenoxy) is 1. The van der Waals surface area contributed by atoms with Crippen molar-refractivity contribution in [3.05, 3.63) is 58.4 Å². The third-order valence-corrected chi connectivity index (χ3v) is 7.40. The fourth-order valence-electron chi connectivity index (χ4n) is 4.87. The summed E-state index contributed by atoms with van der Waals surface area (Å²) in [4.78, 5) is 27.4. The van der Waals surface area contributed by atoms with Crippen LogP contribution in [0.25, 0.3) is 32.7 Å². The fourth-order valence-corrected chi connectivity index (χ4v) is 6.19. The molecule has 5 rings (SSSR count). The first-order chi connectivity index (χ1) is 16.2. The zero-order chi connectivity index (χ0) is 24.0. The average molecular weight is 476 g/mol. The Morgan fingerprint density at radius 1 is 1.21 bits per heavy atom. The number of carbonyl (C=O) groups is 1. The molecule has 3 heterocycles. The van der Waals surface area contributed by atoms with E-state index in [4.69, 9.17) is 9.72 Å². The number of carboxylic acid groups (broad SMARTS) is 1. The summed E-state index contributed by atoms with van der Waals surface area (Å²) in [5.74, 6) is -0.231. The lowest BCUT2D eigenvalue weighted by Crippen LogP contribution is -2.28. The van der Waals surface area contributed by atoms with Gasteiger partial charge in [0.15, 0.2) is 6.10 Å². The number of aliphatic carboxylic acids is 1. The van der Waals surface area contributed by atoms with Crippen molar-refractivity contribution in [1.82, 2.24) is 15.0 Å². The van der Waals surface area contributed by atoms with Crippen LogP contribution < -0.4 is 0 Å². The maximum atomic E-state index is 12.6. The number of fused-ring (bicyclic) bond motifs is 3. The van der Waals surface area contributed by atoms with Gasteiger partial charge in [-0.05, 0) is 70.6 Å². The average Bonchev–Trinajstić information content (AvgIpc) is 3.44. The van der Waals surface area contributed by atoms with E-state index < -0.39 is 17.7 Å². The molecular formula is C27H29N3O3S. The minimum atomic E-state index is -1.13. The molecule has 0 radical (unpaired) electrons. The number of hydrogen-bond donors (Lipinski definition) is 2. The molecule has 0 bridgehead atoms. The van der Waals surface area contributed by atoms with Gasteiger partial charge < -0.3 is 14.8 Å². The van der Waals surface area contributed by atoms with Gasteiger partial charge in [-0.3, -0.25) is 0 Å². The van der Waals surface area contributed by atoms with Crippen LogP contribution in [-0.4, -0.2) is 31.6 Å². The molecular weight excluding hydrogens is 446 g/mol. The molecule has 6 nitrogen and oxygen atoms in total. The Morgan fingerprint density at radius 2 is 1.97 bits per heavy atom. The number of aromatic nitrogens is 3. The molecule has 1 atom stereocenters. The second-order valence-electron chi connectivity index (χ2n) is 9.84. The number of hydrogen-bond acceptors (Lipinski definition) is 5. The number of aromatic amines is 1. The van der Waals surface area contributed by atoms with Gasteiger partial charge in [0.05, 0.1) is 5.60 Å². The molecule has 3 aromatic heterocycles. The Labute approximate surface area is 203 Å². The highest BCUT2D eigenvalue weighted by molar-refractivity contribution is 7.19. The van der Waals surface area contributed by atoms with Crippen LogP contribution in [0.15, 0.2) is 36.7 Å². The van der Waals surface area contributed by atoms with E-state index in [0.29, 0.717) is 11.3 Å². The standard InChI is InChI=1S/C27H29N3O3S/c1-15-20(23(26(31)32)33-27(2,3)4)21(16-8-7-9-17(14-16)24-28-12-13-29-24)22-18-10-5-6-11-19(18)34-25(22)30-15/h7-9,12-14,23H,5-6,10-11H2,1-4H3,(H,28,29)(H,31,32). The fraction of sp³-hybridized carbons (Fsp3) is 0.370. The summed E-state index contributed by atoms with van der Waals surface area (Å²) in [5, 5.41) is 11.4. The van der Waals surface area contributed by atoms with Crippen molar-refractivity contribution in [2.45, 2.75) is 65.1 Å². The summed E-state index contributed by atoms with van der Waals surface area (Å²) in [5.41, 5.74) is 4.84. The van der Waals surface area contributed by atoms with Gasteiger partial charge in [0.1, 0.15) is 10.7 Å². The normalized spacial score (nSPS) is 14.8. The summed E-state index contributed by atoms with van der Waals surface area (Å²) < 4.78 is 6.15. The molecule has 1 aliphatic carbocycles. The van der Waals surface area contributed by atoms with Gasteiger partial charge in [-0.15, -0.1) is 11.3 Å². The first-order valence-corrected chi connectivity index (χ1v) is 12.5. The Hall–Kier alpha value is -3.03. The number of imidazole rings is 1. The molecule has 0 aliphatic heterocycles. The second kappa shape index (κ2) is 8.64. The van der Waals surface area contributed by atoms with Crippen molar-refractivity contribution in [3.63, 3.8) is 0 Å². The van der Waals surface area contributed by atoms with Gasteiger partial charge in [-0.2, -0.15) is 0 Å². The first-order valence-electron chi connectivity index (χ1n) is 11.7. The number of carboxylic acids is 1. The van der Waals surface area contributed by atoms with E-state index in [1.165, 1.54) is 16.9 Å². The Bertz CT molecular complexity index is 1370. The minimum absolute atomic E-state index is 0.633. The van der Waals surface area contributed by atoms with Crippen molar-refractivity contribution in [2.24, 2.45) is 0 Å². The van der Waals surface area contributed by atoms with Gasteiger partial charge in [0.2, 0.25) is 0 Å². The van der Waals surface area contributed by atoms with Crippen molar-refractivity contribution >= 4 is 27.5 Å². The zero-order valence-electron chi connectivity index (χ0n) is 19.9. The van der Waals surface area contributed by atoms with E-state index in [0.717, 1.165) is 52.0 Å². The highest BCUT2D eigenvalue weighted by Gasteiger charge is 2.34. The molecule has 1 aromatic carbocycles. The summed E-state index contributed by atoms with van der Waals surface area (Å²) >= 11 is 1.75. The molecule has 0 saturated carbocycles. The van der Waals surface area contributed by atoms with Gasteiger partial charge in [-0.25, -0.2) is 14.8 Å². The maximum Gasteiger partial charge on any atom is 0.337 e. The van der Waals surface area contributed by atoms with Crippen LogP contribution in [-0.2, 0) is 22.4 Å². The number of thiophene rings is 1. The summed E-state index contributed by atoms with van der Waals surface area (Å²) in [6.07, 6.45) is 6.76. The van der Waals surface area contributed by atoms with Crippen LogP contribution in [0.3, 0.4) is 0 Å². The number of H-pyrrole nitrogens is 1. The SMILES string of the molecule is Cc1nc2sc3c(c2c(-c2cccc(-c4ncc[nH]4)c2)c1C(OC(C)(C)C)C(=O)O)CCCC3. The van der Waals surface area contributed by atoms with Gasteiger partial charge in [-0.1, -0.05) is 18.2 Å². The van der Waals surface area contributed by atoms with E-state index >= 15 is 0 Å². The Morgan fingerprint density at radius 3 is 2.68 bits per heavy atom. The molecule has 1 aliphatic rings. The molecule has 2 N–H and O–H groups in total. The molecule has 7 heteroatoms. The number of nitrogens with one attached hydrogen (secondary N) is 1. The third-order valence-electron chi connectivity index (χ3n) is 6.21. The number of pyridine rings is 1. The first kappa shape index (κ1) is 22.7. The molecule has 34 heavy (non-hydrogen) atoms. The lowest BCUT2D eigenvalue weighted by atomic mass is 9.87. The topological polar surface area (TPSA) is 88.1 Å². The van der Waals surface area contributed by atoms with Gasteiger partial charge in [0, 0.05) is 45.0 Å². The number of benzene rings is 1. The molecule has 1 unspecified atom stereocenters. The predicted octanol–water partition coefficient (Wildman–Crippen LogP) is 6.48. The lowest BCUT2D eigenvalue weighted by molar-refractivity contribution is -0.160. The molecule has 0 spiro atoms. The van der Waals surface area contributed by atoms with Crippen molar-refractivity contribution in [2.75, 3.05) is 0 Å². The molecule has 0 saturated heterocycles. The van der Waals surface area contributed by atoms with Crippen LogP contribution in [0, 0.1) is 6.92 Å². The highest BCUT2D eigenvalue weighted by atomic mass is 32.1.